The second kappa shape index (κ2) is 10.5. The van der Waals surface area contributed by atoms with Gasteiger partial charge in [0.15, 0.2) is 5.43 Å². The van der Waals surface area contributed by atoms with Crippen molar-refractivity contribution >= 4 is 16.6 Å². The van der Waals surface area contributed by atoms with Gasteiger partial charge in [-0.2, -0.15) is 0 Å². The number of aromatic amines is 1. The number of H-pyrrole nitrogens is 1. The molecule has 0 radical (unpaired) electrons. The average molecular weight is 373 g/mol. The number of pyridine rings is 1. The van der Waals surface area contributed by atoms with Gasteiger partial charge in [-0.1, -0.05) is 26.7 Å². The van der Waals surface area contributed by atoms with Crippen LogP contribution in [0.3, 0.4) is 0 Å². The molecule has 2 N–H and O–H groups in total. The summed E-state index contributed by atoms with van der Waals surface area (Å²) in [5.41, 5.74) is 4.27. The van der Waals surface area contributed by atoms with Crippen LogP contribution in [-0.2, 0) is 6.54 Å². The van der Waals surface area contributed by atoms with Gasteiger partial charge in [-0.3, -0.25) is 4.79 Å². The van der Waals surface area contributed by atoms with Crippen molar-refractivity contribution in [1.29, 1.82) is 0 Å². The van der Waals surface area contributed by atoms with Crippen LogP contribution in [0.25, 0.3) is 10.9 Å². The van der Waals surface area contributed by atoms with Gasteiger partial charge in [0.2, 0.25) is 0 Å². The molecule has 0 aliphatic carbocycles. The van der Waals surface area contributed by atoms with E-state index in [1.54, 1.807) is 0 Å². The van der Waals surface area contributed by atoms with E-state index in [4.69, 9.17) is 0 Å². The quantitative estimate of drug-likeness (QED) is 0.632. The molecule has 1 heterocycles. The van der Waals surface area contributed by atoms with Gasteiger partial charge in [-0.25, -0.2) is 0 Å². The van der Waals surface area contributed by atoms with Crippen molar-refractivity contribution in [3.8, 4) is 0 Å². The molecule has 0 bridgehead atoms. The molecule has 4 heteroatoms. The molecular weight excluding hydrogens is 334 g/mol. The Balaban J connectivity index is 2.41. The van der Waals surface area contributed by atoms with Crippen molar-refractivity contribution in [3.05, 3.63) is 39.7 Å². The smallest absolute Gasteiger partial charge is 0.198 e. The first-order valence-corrected chi connectivity index (χ1v) is 10.8. The topological polar surface area (TPSA) is 40.5 Å². The molecule has 0 saturated heterocycles. The van der Waals surface area contributed by atoms with Crippen LogP contribution < -0.4 is 15.2 Å². The molecule has 4 nitrogen and oxygen atoms in total. The number of nitrogens with zero attached hydrogens (tertiary/aromatic N) is 1. The predicted molar refractivity (Wildman–Crippen MR) is 117 cm³/mol. The molecule has 0 aliphatic heterocycles. The Bertz CT molecular complexity index is 769. The van der Waals surface area contributed by atoms with E-state index in [-0.39, 0.29) is 5.43 Å². The number of unbranched alkanes of at least 4 members (excludes halogenated alkanes) is 2. The van der Waals surface area contributed by atoms with Crippen LogP contribution >= 0.6 is 0 Å². The van der Waals surface area contributed by atoms with Gasteiger partial charge in [-0.15, -0.1) is 0 Å². The van der Waals surface area contributed by atoms with Crippen LogP contribution in [0.15, 0.2) is 23.0 Å². The fourth-order valence-electron chi connectivity index (χ4n) is 3.84. The molecular formula is C23H38N3O+. The predicted octanol–water partition coefficient (Wildman–Crippen LogP) is 3.67. The zero-order valence-corrected chi connectivity index (χ0v) is 18.0. The van der Waals surface area contributed by atoms with Gasteiger partial charge in [0.05, 0.1) is 18.7 Å². The molecule has 0 unspecified atom stereocenters. The van der Waals surface area contributed by atoms with E-state index in [1.165, 1.54) is 30.6 Å². The first-order valence-electron chi connectivity index (χ1n) is 10.8. The number of fused-ring (bicyclic) bond motifs is 1. The minimum Gasteiger partial charge on any atom is -0.372 e. The summed E-state index contributed by atoms with van der Waals surface area (Å²) in [5, 5.41) is 0.824. The maximum absolute atomic E-state index is 13.3. The average Bonchev–Trinajstić information content (AvgIpc) is 2.68. The maximum atomic E-state index is 13.3. The van der Waals surface area contributed by atoms with E-state index in [1.807, 2.05) is 6.92 Å². The summed E-state index contributed by atoms with van der Waals surface area (Å²) in [5.74, 6) is 0. The number of nitrogens with one attached hydrogen (secondary N) is 2. The Hall–Kier alpha value is -1.81. The number of rotatable bonds is 11. The van der Waals surface area contributed by atoms with E-state index in [9.17, 15) is 4.79 Å². The van der Waals surface area contributed by atoms with Crippen LogP contribution in [0.1, 0.15) is 64.6 Å². The Morgan fingerprint density at radius 2 is 1.63 bits per heavy atom. The van der Waals surface area contributed by atoms with Crippen molar-refractivity contribution < 1.29 is 4.90 Å². The minimum absolute atomic E-state index is 0.209. The highest BCUT2D eigenvalue weighted by Gasteiger charge is 2.17. The summed E-state index contributed by atoms with van der Waals surface area (Å²) in [6, 6.07) is 6.24. The van der Waals surface area contributed by atoms with Gasteiger partial charge in [0.25, 0.3) is 0 Å². The summed E-state index contributed by atoms with van der Waals surface area (Å²) in [6.07, 6.45) is 4.84. The van der Waals surface area contributed by atoms with Crippen LogP contribution in [0, 0.1) is 6.92 Å². The minimum atomic E-state index is 0.209. The number of benzene rings is 1. The normalized spacial score (nSPS) is 11.5. The standard InChI is InChI=1S/C23H37N3O/c1-6-10-14-25(15-11-7-2)17-21-18(5)24-22-13-12-19(26(8-3)9-4)16-20(22)23(21)27/h12-13,16H,6-11,14-15,17H2,1-5H3,(H,24,27)/p+1. The van der Waals surface area contributed by atoms with Crippen molar-refractivity contribution in [2.24, 2.45) is 0 Å². The second-order valence-corrected chi connectivity index (χ2v) is 7.59. The molecule has 0 aliphatic rings. The Kier molecular flexibility index (Phi) is 8.36. The molecule has 1 aromatic heterocycles. The lowest BCUT2D eigenvalue weighted by atomic mass is 10.1. The highest BCUT2D eigenvalue weighted by atomic mass is 16.1. The van der Waals surface area contributed by atoms with E-state index < -0.39 is 0 Å². The Morgan fingerprint density at radius 3 is 2.19 bits per heavy atom. The largest absolute Gasteiger partial charge is 0.372 e. The van der Waals surface area contributed by atoms with E-state index in [0.29, 0.717) is 0 Å². The van der Waals surface area contributed by atoms with Crippen molar-refractivity contribution in [2.75, 3.05) is 31.1 Å². The Labute approximate surface area is 164 Å². The number of aromatic nitrogens is 1. The van der Waals surface area contributed by atoms with Gasteiger partial charge in [0, 0.05) is 35.4 Å². The third-order valence-electron chi connectivity index (χ3n) is 5.62. The third-order valence-corrected chi connectivity index (χ3v) is 5.62. The van der Waals surface area contributed by atoms with Crippen LogP contribution in [0.5, 0.6) is 0 Å². The second-order valence-electron chi connectivity index (χ2n) is 7.59. The van der Waals surface area contributed by atoms with Gasteiger partial charge in [0.1, 0.15) is 6.54 Å². The summed E-state index contributed by atoms with van der Waals surface area (Å²) in [7, 11) is 0. The van der Waals surface area contributed by atoms with Crippen LogP contribution in [0.2, 0.25) is 0 Å². The van der Waals surface area contributed by atoms with Crippen molar-refractivity contribution in [3.63, 3.8) is 0 Å². The summed E-state index contributed by atoms with van der Waals surface area (Å²) in [4.78, 5) is 20.6. The SMILES string of the molecule is CCCC[NH+](CCCC)Cc1c(C)[nH]c2ccc(N(CC)CC)cc2c1=O. The fourth-order valence-corrected chi connectivity index (χ4v) is 3.84. The molecule has 0 amide bonds. The number of quaternary nitrogens is 1. The highest BCUT2D eigenvalue weighted by molar-refractivity contribution is 5.83. The molecule has 2 rings (SSSR count). The lowest BCUT2D eigenvalue weighted by Crippen LogP contribution is -3.10. The van der Waals surface area contributed by atoms with Crippen molar-refractivity contribution in [2.45, 2.75) is 66.8 Å². The first-order chi connectivity index (χ1) is 13.0. The fraction of sp³-hybridized carbons (Fsp3) is 0.609. The number of aryl methyl sites for hydroxylation is 1. The van der Waals surface area contributed by atoms with E-state index in [2.05, 4.69) is 55.8 Å². The van der Waals surface area contributed by atoms with Gasteiger partial charge < -0.3 is 14.8 Å². The van der Waals surface area contributed by atoms with Gasteiger partial charge in [-0.05, 0) is 51.8 Å². The zero-order chi connectivity index (χ0) is 19.8. The first kappa shape index (κ1) is 21.5. The van der Waals surface area contributed by atoms with Crippen LogP contribution in [0.4, 0.5) is 5.69 Å². The molecule has 150 valence electrons. The van der Waals surface area contributed by atoms with E-state index >= 15 is 0 Å². The summed E-state index contributed by atoms with van der Waals surface area (Å²) < 4.78 is 0. The van der Waals surface area contributed by atoms with Crippen LogP contribution in [-0.4, -0.2) is 31.2 Å². The molecule has 1 aromatic carbocycles. The summed E-state index contributed by atoms with van der Waals surface area (Å²) >= 11 is 0. The molecule has 0 atom stereocenters. The number of hydrogen-bond acceptors (Lipinski definition) is 2. The maximum Gasteiger partial charge on any atom is 0.198 e. The zero-order valence-electron chi connectivity index (χ0n) is 18.0. The lowest BCUT2D eigenvalue weighted by Gasteiger charge is -2.22. The lowest BCUT2D eigenvalue weighted by molar-refractivity contribution is -0.914. The Morgan fingerprint density at radius 1 is 1.00 bits per heavy atom. The van der Waals surface area contributed by atoms with Crippen molar-refractivity contribution in [1.82, 2.24) is 4.98 Å². The third kappa shape index (κ3) is 5.35. The molecule has 0 saturated carbocycles. The number of anilines is 1. The molecule has 0 spiro atoms. The molecule has 2 aromatic rings. The molecule has 0 fully saturated rings. The highest BCUT2D eigenvalue weighted by Crippen LogP contribution is 2.20. The van der Waals surface area contributed by atoms with Gasteiger partial charge >= 0.3 is 0 Å². The molecule has 27 heavy (non-hydrogen) atoms. The summed E-state index contributed by atoms with van der Waals surface area (Å²) in [6.45, 7) is 15.8. The monoisotopic (exact) mass is 372 g/mol. The number of hydrogen-bond donors (Lipinski definition) is 2. The van der Waals surface area contributed by atoms with E-state index in [0.717, 1.165) is 60.6 Å².